The fourth-order valence-electron chi connectivity index (χ4n) is 2.54. The van der Waals surface area contributed by atoms with Crippen LogP contribution < -0.4 is 15.6 Å². The molecule has 1 aromatic heterocycles. The lowest BCUT2D eigenvalue weighted by Gasteiger charge is -2.08. The van der Waals surface area contributed by atoms with Crippen LogP contribution in [0.1, 0.15) is 35.3 Å². The zero-order chi connectivity index (χ0) is 20.1. The van der Waals surface area contributed by atoms with Gasteiger partial charge in [-0.25, -0.2) is 5.43 Å². The number of aryl methyl sites for hydroxylation is 1. The van der Waals surface area contributed by atoms with E-state index in [1.807, 2.05) is 13.0 Å². The van der Waals surface area contributed by atoms with Gasteiger partial charge in [0.25, 0.3) is 5.91 Å². The van der Waals surface area contributed by atoms with Crippen molar-refractivity contribution in [3.8, 4) is 5.75 Å². The number of nitrogens with zero attached hydrogens (tertiary/aromatic N) is 1. The average Bonchev–Trinajstić information content (AvgIpc) is 2.69. The molecular weight excluding hydrogens is 356 g/mol. The normalized spacial score (nSPS) is 11.3. The van der Waals surface area contributed by atoms with Crippen LogP contribution in [0.25, 0.3) is 11.0 Å². The number of hydrogen-bond acceptors (Lipinski definition) is 5. The zero-order valence-corrected chi connectivity index (χ0v) is 16.1. The van der Waals surface area contributed by atoms with Crippen molar-refractivity contribution in [2.75, 3.05) is 6.61 Å². The van der Waals surface area contributed by atoms with E-state index in [1.165, 1.54) is 12.5 Å². The lowest BCUT2D eigenvalue weighted by atomic mass is 10.1. The molecule has 0 radical (unpaired) electrons. The second-order valence-electron chi connectivity index (χ2n) is 6.95. The number of fused-ring (bicyclic) bond motifs is 1. The second kappa shape index (κ2) is 8.52. The van der Waals surface area contributed by atoms with Gasteiger partial charge < -0.3 is 9.15 Å². The zero-order valence-electron chi connectivity index (χ0n) is 16.1. The Hall–Kier alpha value is -3.41. The Morgan fingerprint density at radius 2 is 1.96 bits per heavy atom. The van der Waals surface area contributed by atoms with E-state index in [-0.39, 0.29) is 16.9 Å². The van der Waals surface area contributed by atoms with Gasteiger partial charge in [0.1, 0.15) is 17.6 Å². The highest BCUT2D eigenvalue weighted by Gasteiger charge is 2.07. The summed E-state index contributed by atoms with van der Waals surface area (Å²) in [5.41, 5.74) is 4.39. The summed E-state index contributed by atoms with van der Waals surface area (Å²) in [7, 11) is 0. The fourth-order valence-corrected chi connectivity index (χ4v) is 2.54. The third kappa shape index (κ3) is 4.65. The molecule has 0 bridgehead atoms. The molecule has 3 rings (SSSR count). The van der Waals surface area contributed by atoms with Crippen molar-refractivity contribution in [2.45, 2.75) is 20.8 Å². The van der Waals surface area contributed by atoms with Crippen LogP contribution >= 0.6 is 0 Å². The minimum atomic E-state index is -0.382. The van der Waals surface area contributed by atoms with Gasteiger partial charge in [0.2, 0.25) is 5.43 Å². The number of rotatable bonds is 6. The van der Waals surface area contributed by atoms with Gasteiger partial charge in [0, 0.05) is 5.56 Å². The molecule has 2 aromatic carbocycles. The van der Waals surface area contributed by atoms with Crippen LogP contribution in [-0.4, -0.2) is 18.7 Å². The smallest absolute Gasteiger partial charge is 0.271 e. The van der Waals surface area contributed by atoms with Crippen molar-refractivity contribution in [3.05, 3.63) is 75.6 Å². The monoisotopic (exact) mass is 378 g/mol. The molecule has 0 atom stereocenters. The number of hydrogen-bond donors (Lipinski definition) is 1. The largest absolute Gasteiger partial charge is 0.493 e. The number of benzene rings is 2. The molecule has 6 heteroatoms. The first-order valence-electron chi connectivity index (χ1n) is 9.02. The summed E-state index contributed by atoms with van der Waals surface area (Å²) >= 11 is 0. The molecule has 28 heavy (non-hydrogen) atoms. The van der Waals surface area contributed by atoms with Crippen LogP contribution in [0.4, 0.5) is 0 Å². The molecule has 0 fully saturated rings. The number of amides is 1. The Morgan fingerprint density at radius 3 is 2.68 bits per heavy atom. The molecule has 1 amide bonds. The molecule has 144 valence electrons. The summed E-state index contributed by atoms with van der Waals surface area (Å²) in [6.45, 7) is 6.65. The van der Waals surface area contributed by atoms with Gasteiger partial charge in [-0.1, -0.05) is 25.5 Å². The number of nitrogens with one attached hydrogen (secondary N) is 1. The maximum atomic E-state index is 12.5. The van der Waals surface area contributed by atoms with E-state index in [4.69, 9.17) is 9.15 Å². The summed E-state index contributed by atoms with van der Waals surface area (Å²) in [5, 5.41) is 4.35. The van der Waals surface area contributed by atoms with Gasteiger partial charge >= 0.3 is 0 Å². The van der Waals surface area contributed by atoms with Gasteiger partial charge in [-0.2, -0.15) is 5.10 Å². The maximum absolute atomic E-state index is 12.5. The summed E-state index contributed by atoms with van der Waals surface area (Å²) in [4.78, 5) is 24.7. The Balaban J connectivity index is 1.67. The summed E-state index contributed by atoms with van der Waals surface area (Å²) in [6, 6.07) is 12.2. The summed E-state index contributed by atoms with van der Waals surface area (Å²) in [5.74, 6) is 0.750. The highest BCUT2D eigenvalue weighted by Crippen LogP contribution is 2.14. The minimum absolute atomic E-state index is 0.199. The molecule has 0 unspecified atom stereocenters. The molecule has 3 aromatic rings. The van der Waals surface area contributed by atoms with E-state index >= 15 is 0 Å². The van der Waals surface area contributed by atoms with Gasteiger partial charge in [-0.15, -0.1) is 0 Å². The third-order valence-electron chi connectivity index (χ3n) is 4.02. The van der Waals surface area contributed by atoms with Gasteiger partial charge in [-0.05, 0) is 49.2 Å². The minimum Gasteiger partial charge on any atom is -0.493 e. The van der Waals surface area contributed by atoms with Crippen molar-refractivity contribution in [2.24, 2.45) is 11.0 Å². The number of hydrazone groups is 1. The van der Waals surface area contributed by atoms with Crippen molar-refractivity contribution in [3.63, 3.8) is 0 Å². The first kappa shape index (κ1) is 19.4. The predicted octanol–water partition coefficient (Wildman–Crippen LogP) is 3.90. The molecule has 6 nitrogen and oxygen atoms in total. The van der Waals surface area contributed by atoms with Crippen LogP contribution in [-0.2, 0) is 0 Å². The van der Waals surface area contributed by atoms with Crippen LogP contribution in [0.2, 0.25) is 0 Å². The molecule has 1 heterocycles. The quantitative estimate of drug-likeness (QED) is 0.521. The Labute approximate surface area is 162 Å². The van der Waals surface area contributed by atoms with E-state index in [0.717, 1.165) is 5.56 Å². The van der Waals surface area contributed by atoms with E-state index < -0.39 is 0 Å². The van der Waals surface area contributed by atoms with Crippen molar-refractivity contribution < 1.29 is 13.9 Å². The summed E-state index contributed by atoms with van der Waals surface area (Å²) < 4.78 is 11.0. The predicted molar refractivity (Wildman–Crippen MR) is 109 cm³/mol. The van der Waals surface area contributed by atoms with Gasteiger partial charge in [0.15, 0.2) is 0 Å². The highest BCUT2D eigenvalue weighted by atomic mass is 16.5. The second-order valence-corrected chi connectivity index (χ2v) is 6.95. The molecule has 0 saturated heterocycles. The van der Waals surface area contributed by atoms with E-state index in [9.17, 15) is 9.59 Å². The third-order valence-corrected chi connectivity index (χ3v) is 4.02. The average molecular weight is 378 g/mol. The topological polar surface area (TPSA) is 80.9 Å². The van der Waals surface area contributed by atoms with Crippen LogP contribution in [0.3, 0.4) is 0 Å². The molecule has 0 spiro atoms. The number of ether oxygens (including phenoxy) is 1. The SMILES string of the molecule is Cc1ccc2occ(/C=N\NC(=O)c3ccc(OCC(C)C)cc3)c(=O)c2c1. The Bertz CT molecular complexity index is 1070. The van der Waals surface area contributed by atoms with Crippen LogP contribution in [0, 0.1) is 12.8 Å². The van der Waals surface area contributed by atoms with Crippen molar-refractivity contribution in [1.29, 1.82) is 0 Å². The van der Waals surface area contributed by atoms with Gasteiger partial charge in [0.05, 0.1) is 23.8 Å². The van der Waals surface area contributed by atoms with Crippen molar-refractivity contribution >= 4 is 23.1 Å². The lowest BCUT2D eigenvalue weighted by molar-refractivity contribution is 0.0955. The maximum Gasteiger partial charge on any atom is 0.271 e. The Kier molecular flexibility index (Phi) is 5.89. The molecule has 0 aliphatic rings. The fraction of sp³-hybridized carbons (Fsp3) is 0.227. The molecule has 1 N–H and O–H groups in total. The number of carbonyl (C=O) groups excluding carboxylic acids is 1. The number of carbonyl (C=O) groups is 1. The van der Waals surface area contributed by atoms with E-state index in [0.29, 0.717) is 34.8 Å². The lowest BCUT2D eigenvalue weighted by Crippen LogP contribution is -2.18. The Morgan fingerprint density at radius 1 is 1.21 bits per heavy atom. The van der Waals surface area contributed by atoms with Crippen LogP contribution in [0.15, 0.2) is 63.0 Å². The highest BCUT2D eigenvalue weighted by molar-refractivity contribution is 5.95. The van der Waals surface area contributed by atoms with E-state index in [2.05, 4.69) is 24.4 Å². The first-order valence-corrected chi connectivity index (χ1v) is 9.02. The van der Waals surface area contributed by atoms with E-state index in [1.54, 1.807) is 36.4 Å². The molecule has 0 aliphatic heterocycles. The standard InChI is InChI=1S/C22H22N2O4/c1-14(2)12-27-18-7-5-16(6-8-18)22(26)24-23-11-17-13-28-20-9-4-15(3)10-19(20)21(17)25/h4-11,13-14H,12H2,1-3H3,(H,24,26)/b23-11-. The summed E-state index contributed by atoms with van der Waals surface area (Å²) in [6.07, 6.45) is 2.61. The molecule has 0 saturated carbocycles. The molecular formula is C22H22N2O4. The van der Waals surface area contributed by atoms with Crippen LogP contribution in [0.5, 0.6) is 5.75 Å². The van der Waals surface area contributed by atoms with Crippen molar-refractivity contribution in [1.82, 2.24) is 5.43 Å². The molecule has 0 aliphatic carbocycles. The van der Waals surface area contributed by atoms with Gasteiger partial charge in [-0.3, -0.25) is 9.59 Å². The first-order chi connectivity index (χ1) is 13.4.